The van der Waals surface area contributed by atoms with Crippen molar-refractivity contribution in [2.75, 3.05) is 26.9 Å². The van der Waals surface area contributed by atoms with E-state index in [9.17, 15) is 4.79 Å². The number of hydrogen-bond donors (Lipinski definition) is 2. The molecule has 136 valence electrons. The lowest BCUT2D eigenvalue weighted by molar-refractivity contribution is -0.127. The molecule has 1 amide bonds. The van der Waals surface area contributed by atoms with Crippen LogP contribution < -0.4 is 10.6 Å². The van der Waals surface area contributed by atoms with Crippen molar-refractivity contribution in [1.82, 2.24) is 15.5 Å². The Balaban J connectivity index is 1.59. The zero-order valence-electron chi connectivity index (χ0n) is 15.3. The first-order valence-corrected chi connectivity index (χ1v) is 10.6. The molecule has 0 aliphatic heterocycles. The van der Waals surface area contributed by atoms with Crippen molar-refractivity contribution in [2.24, 2.45) is 16.8 Å². The Labute approximate surface area is 150 Å². The van der Waals surface area contributed by atoms with Gasteiger partial charge in [-0.15, -0.1) is 0 Å². The lowest BCUT2D eigenvalue weighted by Crippen LogP contribution is -2.49. The number of nitrogens with one attached hydrogen (secondary N) is 2. The maximum Gasteiger partial charge on any atom is 0.243 e. The van der Waals surface area contributed by atoms with E-state index in [2.05, 4.69) is 21.9 Å². The number of hydrogen-bond acceptors (Lipinski definition) is 3. The van der Waals surface area contributed by atoms with Gasteiger partial charge in [0.1, 0.15) is 6.54 Å². The van der Waals surface area contributed by atoms with E-state index in [-0.39, 0.29) is 12.5 Å². The molecule has 5 atom stereocenters. The van der Waals surface area contributed by atoms with E-state index in [1.165, 1.54) is 44.9 Å². The van der Waals surface area contributed by atoms with Crippen LogP contribution in [0.5, 0.6) is 0 Å². The van der Waals surface area contributed by atoms with Gasteiger partial charge < -0.3 is 15.5 Å². The average Bonchev–Trinajstić information content (AvgIpc) is 3.28. The van der Waals surface area contributed by atoms with Crippen molar-refractivity contribution in [3.05, 3.63) is 0 Å². The van der Waals surface area contributed by atoms with E-state index in [0.717, 1.165) is 23.0 Å². The van der Waals surface area contributed by atoms with Crippen molar-refractivity contribution in [2.45, 2.75) is 62.3 Å². The van der Waals surface area contributed by atoms with Gasteiger partial charge in [-0.05, 0) is 56.6 Å². The maximum atomic E-state index is 11.9. The van der Waals surface area contributed by atoms with Crippen LogP contribution in [0.4, 0.5) is 0 Å². The minimum atomic E-state index is 0.0532. The number of guanidine groups is 1. The average molecular weight is 353 g/mol. The van der Waals surface area contributed by atoms with Crippen LogP contribution in [0.1, 0.15) is 44.9 Å². The molecule has 0 saturated heterocycles. The molecule has 2 N–H and O–H groups in total. The summed E-state index contributed by atoms with van der Waals surface area (Å²) in [4.78, 5) is 18.1. The second-order valence-corrected chi connectivity index (χ2v) is 9.03. The fraction of sp³-hybridized carbons (Fsp3) is 0.889. The lowest BCUT2D eigenvalue weighted by atomic mass is 9.95. The first-order chi connectivity index (χ1) is 11.5. The predicted octanol–water partition coefficient (Wildman–Crippen LogP) is 2.08. The van der Waals surface area contributed by atoms with Crippen molar-refractivity contribution < 1.29 is 4.79 Å². The summed E-state index contributed by atoms with van der Waals surface area (Å²) < 4.78 is 0. The molecular weight excluding hydrogens is 320 g/mol. The van der Waals surface area contributed by atoms with Crippen LogP contribution in [-0.2, 0) is 4.79 Å². The number of nitrogens with zero attached hydrogens (tertiary/aromatic N) is 2. The van der Waals surface area contributed by atoms with Crippen LogP contribution >= 0.6 is 11.8 Å². The zero-order chi connectivity index (χ0) is 17.1. The quantitative estimate of drug-likeness (QED) is 0.588. The van der Waals surface area contributed by atoms with Gasteiger partial charge in [-0.3, -0.25) is 4.79 Å². The summed E-state index contributed by atoms with van der Waals surface area (Å²) in [7, 11) is 3.57. The van der Waals surface area contributed by atoms with Gasteiger partial charge in [-0.2, -0.15) is 11.8 Å². The third-order valence-electron chi connectivity index (χ3n) is 5.99. The summed E-state index contributed by atoms with van der Waals surface area (Å²) in [6.45, 7) is 0.224. The van der Waals surface area contributed by atoms with Crippen molar-refractivity contribution in [3.63, 3.8) is 0 Å². The summed E-state index contributed by atoms with van der Waals surface area (Å²) in [5.74, 6) is 2.62. The molecule has 24 heavy (non-hydrogen) atoms. The Hall–Kier alpha value is -0.910. The monoisotopic (exact) mass is 352 g/mol. The first kappa shape index (κ1) is 17.9. The summed E-state index contributed by atoms with van der Waals surface area (Å²) in [5, 5.41) is 8.04. The first-order valence-electron chi connectivity index (χ1n) is 9.35. The summed E-state index contributed by atoms with van der Waals surface area (Å²) in [6, 6.07) is 1.03. The number of carbonyl (C=O) groups excluding carboxylic acids is 1. The van der Waals surface area contributed by atoms with Crippen LogP contribution in [0.2, 0.25) is 0 Å². The fourth-order valence-corrected chi connectivity index (χ4v) is 5.29. The van der Waals surface area contributed by atoms with Crippen LogP contribution in [-0.4, -0.2) is 61.0 Å². The fourth-order valence-electron chi connectivity index (χ4n) is 4.50. The van der Waals surface area contributed by atoms with Gasteiger partial charge in [-0.25, -0.2) is 4.99 Å². The predicted molar refractivity (Wildman–Crippen MR) is 101 cm³/mol. The zero-order valence-corrected chi connectivity index (χ0v) is 16.1. The molecule has 6 heteroatoms. The van der Waals surface area contributed by atoms with Gasteiger partial charge >= 0.3 is 0 Å². The van der Waals surface area contributed by atoms with Gasteiger partial charge in [-0.1, -0.05) is 6.42 Å². The molecule has 0 aromatic carbocycles. The third-order valence-corrected chi connectivity index (χ3v) is 7.08. The molecule has 0 aromatic rings. The molecule has 2 bridgehead atoms. The van der Waals surface area contributed by atoms with E-state index >= 15 is 0 Å². The van der Waals surface area contributed by atoms with Crippen molar-refractivity contribution >= 4 is 23.6 Å². The van der Waals surface area contributed by atoms with Crippen molar-refractivity contribution in [3.8, 4) is 0 Å². The number of thioether (sulfide) groups is 1. The second kappa shape index (κ2) is 7.98. The lowest BCUT2D eigenvalue weighted by Gasteiger charge is -2.27. The molecule has 3 aliphatic carbocycles. The Morgan fingerprint density at radius 2 is 1.96 bits per heavy atom. The SMILES string of the molecule is CSC1CCC(NC(=NCC(=O)N(C)C)NC2CC3CCC2C3)C1. The van der Waals surface area contributed by atoms with E-state index < -0.39 is 0 Å². The van der Waals surface area contributed by atoms with E-state index in [0.29, 0.717) is 12.1 Å². The normalized spacial score (nSPS) is 35.3. The Bertz CT molecular complexity index is 482. The highest BCUT2D eigenvalue weighted by Gasteiger charge is 2.40. The van der Waals surface area contributed by atoms with Gasteiger partial charge in [0.2, 0.25) is 5.91 Å². The Morgan fingerprint density at radius 3 is 2.54 bits per heavy atom. The largest absolute Gasteiger partial charge is 0.354 e. The number of rotatable bonds is 5. The molecule has 3 rings (SSSR count). The van der Waals surface area contributed by atoms with Crippen molar-refractivity contribution in [1.29, 1.82) is 0 Å². The molecule has 3 saturated carbocycles. The summed E-state index contributed by atoms with van der Waals surface area (Å²) in [5.41, 5.74) is 0. The van der Waals surface area contributed by atoms with E-state index in [1.54, 1.807) is 19.0 Å². The second-order valence-electron chi connectivity index (χ2n) is 7.89. The number of amides is 1. The van der Waals surface area contributed by atoms with Gasteiger partial charge in [0.05, 0.1) is 0 Å². The molecular formula is C18H32N4OS. The van der Waals surface area contributed by atoms with Gasteiger partial charge in [0, 0.05) is 31.4 Å². The number of likely N-dealkylation sites (N-methyl/N-ethyl adjacent to an activating group) is 1. The minimum absolute atomic E-state index is 0.0532. The molecule has 3 fully saturated rings. The number of carbonyl (C=O) groups is 1. The number of aliphatic imine (C=N–C) groups is 1. The highest BCUT2D eigenvalue weighted by molar-refractivity contribution is 7.99. The molecule has 5 unspecified atom stereocenters. The molecule has 0 heterocycles. The third kappa shape index (κ3) is 4.38. The highest BCUT2D eigenvalue weighted by atomic mass is 32.2. The molecule has 0 aromatic heterocycles. The maximum absolute atomic E-state index is 11.9. The Kier molecular flexibility index (Phi) is 5.95. The smallest absolute Gasteiger partial charge is 0.243 e. The minimum Gasteiger partial charge on any atom is -0.354 e. The van der Waals surface area contributed by atoms with Crippen LogP contribution in [0.15, 0.2) is 4.99 Å². The van der Waals surface area contributed by atoms with E-state index in [1.807, 2.05) is 11.8 Å². The molecule has 0 radical (unpaired) electrons. The number of fused-ring (bicyclic) bond motifs is 2. The molecule has 3 aliphatic rings. The van der Waals surface area contributed by atoms with Crippen LogP contribution in [0, 0.1) is 11.8 Å². The standard InChI is InChI=1S/C18H32N4OS/c1-22(2)17(23)11-19-18(20-14-6-7-15(10-14)24-3)21-16-9-12-4-5-13(16)8-12/h12-16H,4-11H2,1-3H3,(H2,19,20,21). The van der Waals surface area contributed by atoms with Gasteiger partial charge in [0.15, 0.2) is 5.96 Å². The summed E-state index contributed by atoms with van der Waals surface area (Å²) >= 11 is 1.97. The molecule has 5 nitrogen and oxygen atoms in total. The molecule has 0 spiro atoms. The van der Waals surface area contributed by atoms with Crippen LogP contribution in [0.25, 0.3) is 0 Å². The Morgan fingerprint density at radius 1 is 1.12 bits per heavy atom. The van der Waals surface area contributed by atoms with Crippen LogP contribution in [0.3, 0.4) is 0 Å². The summed E-state index contributed by atoms with van der Waals surface area (Å²) in [6.07, 6.45) is 11.3. The van der Waals surface area contributed by atoms with E-state index in [4.69, 9.17) is 0 Å². The highest BCUT2D eigenvalue weighted by Crippen LogP contribution is 2.44. The van der Waals surface area contributed by atoms with Gasteiger partial charge in [0.25, 0.3) is 0 Å². The topological polar surface area (TPSA) is 56.7 Å².